The number of halogens is 3. The van der Waals surface area contributed by atoms with Crippen molar-refractivity contribution in [3.63, 3.8) is 0 Å². The Morgan fingerprint density at radius 2 is 1.84 bits per heavy atom. The number of tetrazole rings is 1. The zero-order valence-electron chi connectivity index (χ0n) is 21.0. The van der Waals surface area contributed by atoms with Gasteiger partial charge in [-0.15, -0.1) is 10.2 Å². The number of carbonyl (C=O) groups excluding carboxylic acids is 1. The predicted molar refractivity (Wildman–Crippen MR) is 154 cm³/mol. The minimum Gasteiger partial charge on any atom is -0.366 e. The highest BCUT2D eigenvalue weighted by Gasteiger charge is 2.29. The number of aromatic nitrogens is 6. The molecule has 0 bridgehead atoms. The second-order valence-electron chi connectivity index (χ2n) is 8.83. The van der Waals surface area contributed by atoms with E-state index in [-0.39, 0.29) is 16.6 Å². The van der Waals surface area contributed by atoms with Crippen LogP contribution in [0.3, 0.4) is 0 Å². The molecule has 0 spiro atoms. The molecule has 0 saturated heterocycles. The van der Waals surface area contributed by atoms with Crippen molar-refractivity contribution in [2.45, 2.75) is 45.7 Å². The molecule has 4 aromatic rings. The van der Waals surface area contributed by atoms with Crippen LogP contribution in [0.25, 0.3) is 17.1 Å². The number of benzene rings is 2. The molecule has 38 heavy (non-hydrogen) atoms. The Balaban J connectivity index is 0.00000107. The average molecular weight is 618 g/mol. The number of hydrogen-bond donors (Lipinski definition) is 2. The fourth-order valence-electron chi connectivity index (χ4n) is 3.62. The van der Waals surface area contributed by atoms with Crippen LogP contribution in [-0.4, -0.2) is 35.9 Å². The first kappa shape index (κ1) is 27.8. The second kappa shape index (κ2) is 12.1. The van der Waals surface area contributed by atoms with Gasteiger partial charge in [0.1, 0.15) is 6.54 Å². The highest BCUT2D eigenvalue weighted by molar-refractivity contribution is 9.10. The van der Waals surface area contributed by atoms with Crippen molar-refractivity contribution in [3.8, 4) is 11.4 Å². The first-order valence-electron chi connectivity index (χ1n) is 12.1. The van der Waals surface area contributed by atoms with Crippen LogP contribution in [0.2, 0.25) is 10.0 Å². The Morgan fingerprint density at radius 1 is 1.16 bits per heavy atom. The molecule has 0 aliphatic heterocycles. The van der Waals surface area contributed by atoms with Gasteiger partial charge >= 0.3 is 0 Å². The quantitative estimate of drug-likeness (QED) is 0.230. The number of nitrogens with one attached hydrogen (secondary N) is 1. The van der Waals surface area contributed by atoms with Crippen LogP contribution in [0, 0.1) is 0 Å². The van der Waals surface area contributed by atoms with Crippen LogP contribution >= 0.6 is 39.1 Å². The molecule has 2 aromatic carbocycles. The zero-order chi connectivity index (χ0) is 27.4. The summed E-state index contributed by atoms with van der Waals surface area (Å²) in [5.41, 5.74) is 8.93. The van der Waals surface area contributed by atoms with E-state index >= 15 is 0 Å². The van der Waals surface area contributed by atoms with E-state index in [1.54, 1.807) is 0 Å². The molecule has 1 saturated carbocycles. The van der Waals surface area contributed by atoms with Gasteiger partial charge in [0, 0.05) is 15.1 Å². The van der Waals surface area contributed by atoms with Crippen molar-refractivity contribution in [1.82, 2.24) is 30.0 Å². The van der Waals surface area contributed by atoms with Crippen LogP contribution in [0.15, 0.2) is 53.5 Å². The maximum absolute atomic E-state index is 12.0. The minimum absolute atomic E-state index is 0.175. The highest BCUT2D eigenvalue weighted by Crippen LogP contribution is 2.38. The van der Waals surface area contributed by atoms with Crippen molar-refractivity contribution >= 4 is 56.4 Å². The average Bonchev–Trinajstić information content (AvgIpc) is 3.46. The van der Waals surface area contributed by atoms with Gasteiger partial charge in [-0.05, 0) is 60.5 Å². The highest BCUT2D eigenvalue weighted by atomic mass is 79.9. The van der Waals surface area contributed by atoms with E-state index in [4.69, 9.17) is 34.0 Å². The lowest BCUT2D eigenvalue weighted by molar-refractivity contribution is 0.100. The first-order valence-corrected chi connectivity index (χ1v) is 13.6. The van der Waals surface area contributed by atoms with Gasteiger partial charge in [0.05, 0.1) is 39.4 Å². The van der Waals surface area contributed by atoms with E-state index < -0.39 is 5.91 Å². The molecule has 5 rings (SSSR count). The summed E-state index contributed by atoms with van der Waals surface area (Å²) in [4.78, 5) is 13.4. The van der Waals surface area contributed by atoms with Gasteiger partial charge in [-0.3, -0.25) is 9.48 Å². The summed E-state index contributed by atoms with van der Waals surface area (Å²) in [6.07, 6.45) is 3.29. The molecule has 3 N–H and O–H groups in total. The van der Waals surface area contributed by atoms with Crippen LogP contribution in [0.1, 0.15) is 60.9 Å². The molecule has 0 atom stereocenters. The van der Waals surface area contributed by atoms with Gasteiger partial charge in [-0.1, -0.05) is 66.0 Å². The van der Waals surface area contributed by atoms with Crippen molar-refractivity contribution in [1.29, 1.82) is 0 Å². The summed E-state index contributed by atoms with van der Waals surface area (Å²) in [7, 11) is 0. The summed E-state index contributed by atoms with van der Waals surface area (Å²) in [5, 5.41) is 21.3. The Morgan fingerprint density at radius 3 is 2.47 bits per heavy atom. The smallest absolute Gasteiger partial charge is 0.250 e. The topological polar surface area (TPSA) is 117 Å². The van der Waals surface area contributed by atoms with Crippen LogP contribution in [-0.2, 0) is 6.54 Å². The van der Waals surface area contributed by atoms with Gasteiger partial charge in [-0.25, -0.2) is 0 Å². The van der Waals surface area contributed by atoms with Crippen LogP contribution < -0.4 is 11.1 Å². The molecule has 1 aliphatic rings. The second-order valence-corrected chi connectivity index (χ2v) is 10.6. The lowest BCUT2D eigenvalue weighted by atomic mass is 10.1. The fraction of sp³-hybridized carbons (Fsp3) is 0.269. The van der Waals surface area contributed by atoms with Gasteiger partial charge in [0.2, 0.25) is 5.82 Å². The summed E-state index contributed by atoms with van der Waals surface area (Å²) < 4.78 is 2.90. The maximum Gasteiger partial charge on any atom is 0.250 e. The number of anilines is 1. The fourth-order valence-corrected chi connectivity index (χ4v) is 4.43. The third-order valence-electron chi connectivity index (χ3n) is 5.44. The number of nitrogens with zero attached hydrogens (tertiary/aromatic N) is 6. The number of nitrogens with two attached hydrogens (primary N) is 1. The monoisotopic (exact) mass is 616 g/mol. The van der Waals surface area contributed by atoms with E-state index in [0.29, 0.717) is 28.8 Å². The van der Waals surface area contributed by atoms with E-state index in [9.17, 15) is 4.79 Å². The van der Waals surface area contributed by atoms with Gasteiger partial charge in [0.15, 0.2) is 0 Å². The Kier molecular flexibility index (Phi) is 8.86. The zero-order valence-corrected chi connectivity index (χ0v) is 24.1. The Bertz CT molecular complexity index is 1460. The predicted octanol–water partition coefficient (Wildman–Crippen LogP) is 6.59. The maximum atomic E-state index is 12.0. The summed E-state index contributed by atoms with van der Waals surface area (Å²) >= 11 is 15.8. The third-order valence-corrected chi connectivity index (χ3v) is 6.49. The number of primary amides is 1. The molecular weight excluding hydrogens is 591 g/mol. The summed E-state index contributed by atoms with van der Waals surface area (Å²) in [5.74, 6) is -0.123. The molecule has 2 aromatic heterocycles. The van der Waals surface area contributed by atoms with E-state index in [1.807, 2.05) is 35.0 Å². The van der Waals surface area contributed by atoms with Gasteiger partial charge in [0.25, 0.3) is 5.91 Å². The molecule has 0 unspecified atom stereocenters. The number of amides is 1. The van der Waals surface area contributed by atoms with Gasteiger partial charge < -0.3 is 11.1 Å². The molecule has 0 radical (unpaired) electrons. The van der Waals surface area contributed by atoms with Crippen LogP contribution in [0.4, 0.5) is 5.69 Å². The molecule has 2 heterocycles. The number of hydrogen-bond acceptors (Lipinski definition) is 6. The SMILES string of the molecule is C=C(Nc1c(Cl)cc(Cl)cc1C(N)=O)c1cc(Cn2nnc(-c3ccc(Br)cc3)n2)nn1C1CC1.CCC. The van der Waals surface area contributed by atoms with Crippen molar-refractivity contribution in [2.24, 2.45) is 5.73 Å². The van der Waals surface area contributed by atoms with E-state index in [2.05, 4.69) is 57.1 Å². The first-order chi connectivity index (χ1) is 18.2. The summed E-state index contributed by atoms with van der Waals surface area (Å²) in [6, 6.07) is 12.9. The number of carbonyl (C=O) groups is 1. The molecule has 1 amide bonds. The van der Waals surface area contributed by atoms with Crippen LogP contribution in [0.5, 0.6) is 0 Å². The molecule has 1 aliphatic carbocycles. The molecule has 12 heteroatoms. The van der Waals surface area contributed by atoms with Gasteiger partial charge in [-0.2, -0.15) is 9.90 Å². The lowest BCUT2D eigenvalue weighted by Gasteiger charge is -2.15. The van der Waals surface area contributed by atoms with E-state index in [0.717, 1.165) is 34.3 Å². The molecule has 9 nitrogen and oxygen atoms in total. The molecule has 198 valence electrons. The Hall–Kier alpha value is -3.21. The lowest BCUT2D eigenvalue weighted by Crippen LogP contribution is -2.15. The largest absolute Gasteiger partial charge is 0.366 e. The van der Waals surface area contributed by atoms with Crippen molar-refractivity contribution < 1.29 is 4.79 Å². The van der Waals surface area contributed by atoms with E-state index in [1.165, 1.54) is 23.4 Å². The van der Waals surface area contributed by atoms with Crippen molar-refractivity contribution in [3.05, 3.63) is 80.5 Å². The Labute approximate surface area is 239 Å². The number of rotatable bonds is 8. The summed E-state index contributed by atoms with van der Waals surface area (Å²) in [6.45, 7) is 8.74. The standard InChI is InChI=1S/C23H19BrCl2N8O.C3H8/c1-12(28-21-18(22(27)35)8-15(25)9-19(21)26)20-10-16(30-34(20)17-6-7-17)11-33-31-23(29-32-33)13-2-4-14(24)5-3-13;1-3-2/h2-5,8-10,17,28H,1,6-7,11H2,(H2,27,35);3H2,1-2H3. The molecular formula is C26H27BrCl2N8O. The van der Waals surface area contributed by atoms with Crippen molar-refractivity contribution in [2.75, 3.05) is 5.32 Å². The minimum atomic E-state index is -0.653. The molecule has 1 fully saturated rings. The third kappa shape index (κ3) is 6.61. The normalized spacial score (nSPS) is 12.6.